The van der Waals surface area contributed by atoms with Crippen LogP contribution in [0.1, 0.15) is 43.7 Å². The molecule has 2 aliphatic rings. The second kappa shape index (κ2) is 13.4. The Labute approximate surface area is 199 Å². The zero-order chi connectivity index (χ0) is 20.5. The molecule has 1 unspecified atom stereocenters. The van der Waals surface area contributed by atoms with Crippen LogP contribution in [0.5, 0.6) is 5.75 Å². The van der Waals surface area contributed by atoms with Gasteiger partial charge < -0.3 is 20.3 Å². The van der Waals surface area contributed by atoms with Gasteiger partial charge >= 0.3 is 0 Å². The van der Waals surface area contributed by atoms with Crippen LogP contribution in [0.4, 0.5) is 0 Å². The molecule has 0 radical (unpaired) electrons. The molecule has 0 bridgehead atoms. The van der Waals surface area contributed by atoms with E-state index in [1.54, 1.807) is 7.11 Å². The fourth-order valence-electron chi connectivity index (χ4n) is 4.50. The molecule has 1 aromatic carbocycles. The number of nitrogens with one attached hydrogen (secondary N) is 2. The number of likely N-dealkylation sites (tertiary alicyclic amines) is 2. The van der Waals surface area contributed by atoms with Crippen LogP contribution in [0.25, 0.3) is 0 Å². The van der Waals surface area contributed by atoms with E-state index in [1.165, 1.54) is 63.8 Å². The molecule has 7 heteroatoms. The molecule has 1 aromatic rings. The summed E-state index contributed by atoms with van der Waals surface area (Å²) < 4.78 is 5.33. The molecule has 3 rings (SSSR count). The van der Waals surface area contributed by atoms with E-state index in [2.05, 4.69) is 56.7 Å². The Balaban J connectivity index is 0.00000320. The van der Waals surface area contributed by atoms with Gasteiger partial charge in [0, 0.05) is 20.1 Å². The van der Waals surface area contributed by atoms with Crippen molar-refractivity contribution in [3.63, 3.8) is 0 Å². The van der Waals surface area contributed by atoms with Crippen LogP contribution >= 0.6 is 24.0 Å². The topological polar surface area (TPSA) is 52.1 Å². The second-order valence-electron chi connectivity index (χ2n) is 8.45. The van der Waals surface area contributed by atoms with Crippen molar-refractivity contribution in [3.05, 3.63) is 29.8 Å². The van der Waals surface area contributed by atoms with Gasteiger partial charge in [0.25, 0.3) is 0 Å². The first kappa shape index (κ1) is 25.2. The van der Waals surface area contributed by atoms with Crippen molar-refractivity contribution in [2.75, 3.05) is 60.5 Å². The van der Waals surface area contributed by atoms with Crippen molar-refractivity contribution in [3.8, 4) is 5.75 Å². The SMILES string of the molecule is CN=C(NCCC1CCN(C)CC1)NCC(c1ccc(OC)cc1)N1CCCC1.I. The Morgan fingerprint density at radius 2 is 1.77 bits per heavy atom. The van der Waals surface area contributed by atoms with Crippen molar-refractivity contribution < 1.29 is 4.74 Å². The molecule has 2 N–H and O–H groups in total. The van der Waals surface area contributed by atoms with Crippen molar-refractivity contribution in [2.24, 2.45) is 10.9 Å². The maximum Gasteiger partial charge on any atom is 0.191 e. The first-order valence-electron chi connectivity index (χ1n) is 11.2. The number of methoxy groups -OCH3 is 1. The fourth-order valence-corrected chi connectivity index (χ4v) is 4.50. The van der Waals surface area contributed by atoms with Gasteiger partial charge in [0.15, 0.2) is 5.96 Å². The van der Waals surface area contributed by atoms with Gasteiger partial charge in [0.1, 0.15) is 5.75 Å². The van der Waals surface area contributed by atoms with Crippen LogP contribution in [0.15, 0.2) is 29.3 Å². The Kier molecular flexibility index (Phi) is 11.2. The smallest absolute Gasteiger partial charge is 0.191 e. The predicted molar refractivity (Wildman–Crippen MR) is 136 cm³/mol. The van der Waals surface area contributed by atoms with Crippen molar-refractivity contribution in [1.29, 1.82) is 0 Å². The molecule has 2 aliphatic heterocycles. The number of piperidine rings is 1. The van der Waals surface area contributed by atoms with E-state index in [1.807, 2.05) is 7.05 Å². The molecule has 2 fully saturated rings. The van der Waals surface area contributed by atoms with E-state index in [4.69, 9.17) is 4.74 Å². The predicted octanol–water partition coefficient (Wildman–Crippen LogP) is 3.35. The molecule has 0 saturated carbocycles. The lowest BCUT2D eigenvalue weighted by Gasteiger charge is -2.30. The minimum atomic E-state index is 0. The minimum absolute atomic E-state index is 0. The zero-order valence-corrected chi connectivity index (χ0v) is 21.2. The number of guanidine groups is 1. The summed E-state index contributed by atoms with van der Waals surface area (Å²) in [5.41, 5.74) is 1.34. The Bertz CT molecular complexity index is 625. The summed E-state index contributed by atoms with van der Waals surface area (Å²) in [5.74, 6) is 2.66. The monoisotopic (exact) mass is 529 g/mol. The molecule has 170 valence electrons. The van der Waals surface area contributed by atoms with E-state index in [0.29, 0.717) is 6.04 Å². The molecule has 0 aromatic heterocycles. The zero-order valence-electron chi connectivity index (χ0n) is 18.9. The van der Waals surface area contributed by atoms with Gasteiger partial charge in [-0.1, -0.05) is 12.1 Å². The highest BCUT2D eigenvalue weighted by atomic mass is 127. The summed E-state index contributed by atoms with van der Waals surface area (Å²) in [5, 5.41) is 7.11. The largest absolute Gasteiger partial charge is 0.497 e. The van der Waals surface area contributed by atoms with Gasteiger partial charge in [-0.2, -0.15) is 0 Å². The summed E-state index contributed by atoms with van der Waals surface area (Å²) >= 11 is 0. The van der Waals surface area contributed by atoms with Crippen LogP contribution < -0.4 is 15.4 Å². The van der Waals surface area contributed by atoms with Gasteiger partial charge in [-0.05, 0) is 88.9 Å². The van der Waals surface area contributed by atoms with Crippen LogP contribution in [0.2, 0.25) is 0 Å². The summed E-state index contributed by atoms with van der Waals surface area (Å²) in [4.78, 5) is 9.47. The lowest BCUT2D eigenvalue weighted by atomic mass is 9.94. The Morgan fingerprint density at radius 1 is 1.10 bits per heavy atom. The summed E-state index contributed by atoms with van der Waals surface area (Å²) in [7, 11) is 5.80. The highest BCUT2D eigenvalue weighted by Crippen LogP contribution is 2.26. The molecule has 1 atom stereocenters. The maximum atomic E-state index is 5.33. The molecule has 2 saturated heterocycles. The number of nitrogens with zero attached hydrogens (tertiary/aromatic N) is 3. The van der Waals surface area contributed by atoms with Gasteiger partial charge in [0.2, 0.25) is 0 Å². The third kappa shape index (κ3) is 7.57. The van der Waals surface area contributed by atoms with Gasteiger partial charge in [0.05, 0.1) is 13.2 Å². The van der Waals surface area contributed by atoms with Crippen LogP contribution in [0, 0.1) is 5.92 Å². The quantitative estimate of drug-likeness (QED) is 0.308. The number of rotatable bonds is 8. The van der Waals surface area contributed by atoms with Crippen LogP contribution in [0.3, 0.4) is 0 Å². The highest BCUT2D eigenvalue weighted by molar-refractivity contribution is 14.0. The number of hydrogen-bond acceptors (Lipinski definition) is 4. The molecule has 6 nitrogen and oxygen atoms in total. The summed E-state index contributed by atoms with van der Waals surface area (Å²) in [6.45, 7) is 6.65. The maximum absolute atomic E-state index is 5.33. The lowest BCUT2D eigenvalue weighted by Crippen LogP contribution is -2.43. The van der Waals surface area contributed by atoms with Crippen molar-refractivity contribution in [1.82, 2.24) is 20.4 Å². The first-order valence-corrected chi connectivity index (χ1v) is 11.2. The van der Waals surface area contributed by atoms with E-state index in [-0.39, 0.29) is 24.0 Å². The number of benzene rings is 1. The van der Waals surface area contributed by atoms with Gasteiger partial charge in [-0.15, -0.1) is 24.0 Å². The number of ether oxygens (including phenoxy) is 1. The van der Waals surface area contributed by atoms with E-state index >= 15 is 0 Å². The average Bonchev–Trinajstić information content (AvgIpc) is 3.29. The molecule has 30 heavy (non-hydrogen) atoms. The Hall–Kier alpha value is -1.06. The van der Waals surface area contributed by atoms with Gasteiger partial charge in [-0.25, -0.2) is 0 Å². The standard InChI is InChI=1S/C23H39N5O.HI/c1-24-23(25-13-10-19-11-16-27(2)17-12-19)26-18-22(28-14-4-5-15-28)20-6-8-21(29-3)9-7-20;/h6-9,19,22H,4-5,10-18H2,1-3H3,(H2,24,25,26);1H. The lowest BCUT2D eigenvalue weighted by molar-refractivity contribution is 0.213. The van der Waals surface area contributed by atoms with Crippen LogP contribution in [-0.2, 0) is 0 Å². The molecule has 2 heterocycles. The first-order chi connectivity index (χ1) is 14.2. The normalized spacial score (nSPS) is 19.9. The minimum Gasteiger partial charge on any atom is -0.497 e. The van der Waals surface area contributed by atoms with E-state index in [0.717, 1.165) is 30.7 Å². The van der Waals surface area contributed by atoms with Crippen LogP contribution in [-0.4, -0.2) is 76.2 Å². The third-order valence-electron chi connectivity index (χ3n) is 6.45. The number of aliphatic imine (C=N–C) groups is 1. The number of halogens is 1. The number of hydrogen-bond donors (Lipinski definition) is 2. The summed E-state index contributed by atoms with van der Waals surface area (Å²) in [6.07, 6.45) is 6.44. The van der Waals surface area contributed by atoms with E-state index < -0.39 is 0 Å². The van der Waals surface area contributed by atoms with E-state index in [9.17, 15) is 0 Å². The molecular formula is C23H40IN5O. The van der Waals surface area contributed by atoms with Crippen molar-refractivity contribution >= 4 is 29.9 Å². The third-order valence-corrected chi connectivity index (χ3v) is 6.45. The molecule has 0 amide bonds. The molecule has 0 aliphatic carbocycles. The fraction of sp³-hybridized carbons (Fsp3) is 0.696. The Morgan fingerprint density at radius 3 is 2.37 bits per heavy atom. The molecular weight excluding hydrogens is 489 g/mol. The average molecular weight is 530 g/mol. The van der Waals surface area contributed by atoms with Crippen molar-refractivity contribution in [2.45, 2.75) is 38.1 Å². The van der Waals surface area contributed by atoms with Gasteiger partial charge in [-0.3, -0.25) is 9.89 Å². The second-order valence-corrected chi connectivity index (χ2v) is 8.45. The molecule has 0 spiro atoms. The highest BCUT2D eigenvalue weighted by Gasteiger charge is 2.24. The summed E-state index contributed by atoms with van der Waals surface area (Å²) in [6, 6.07) is 8.87.